The Kier molecular flexibility index (Phi) is 4.93. The van der Waals surface area contributed by atoms with Crippen molar-refractivity contribution in [2.75, 3.05) is 0 Å². The minimum absolute atomic E-state index is 0.589. The van der Waals surface area contributed by atoms with Crippen molar-refractivity contribution < 1.29 is 4.42 Å². The van der Waals surface area contributed by atoms with Crippen LogP contribution in [0.2, 0.25) is 0 Å². The SMILES string of the molecule is c1ccc2c(c1)-c1cccc3cc(-c4nc(-c5ccc6ccccc6c5)nc(-c5cccc6oc7ncccc7c56)n4)cc-2c13. The van der Waals surface area contributed by atoms with Gasteiger partial charge in [0, 0.05) is 33.7 Å². The van der Waals surface area contributed by atoms with Crippen LogP contribution in [0.1, 0.15) is 0 Å². The summed E-state index contributed by atoms with van der Waals surface area (Å²) in [5.41, 5.74) is 9.07. The van der Waals surface area contributed by atoms with Crippen molar-refractivity contribution in [1.29, 1.82) is 0 Å². The third kappa shape index (κ3) is 3.61. The molecule has 208 valence electrons. The molecule has 0 amide bonds. The Hall–Kier alpha value is -6.20. The Balaban J connectivity index is 1.26. The van der Waals surface area contributed by atoms with E-state index >= 15 is 0 Å². The first kappa shape index (κ1) is 24.3. The van der Waals surface area contributed by atoms with Gasteiger partial charge >= 0.3 is 0 Å². The molecule has 5 heteroatoms. The molecule has 3 heterocycles. The highest BCUT2D eigenvalue weighted by atomic mass is 16.3. The molecular weight excluding hydrogens is 552 g/mol. The van der Waals surface area contributed by atoms with Crippen molar-refractivity contribution >= 4 is 43.6 Å². The van der Waals surface area contributed by atoms with Crippen molar-refractivity contribution in [3.8, 4) is 56.4 Å². The van der Waals surface area contributed by atoms with E-state index in [2.05, 4.69) is 108 Å². The van der Waals surface area contributed by atoms with Crippen LogP contribution >= 0.6 is 0 Å². The molecule has 0 aliphatic heterocycles. The van der Waals surface area contributed by atoms with Gasteiger partial charge in [-0.15, -0.1) is 0 Å². The molecule has 0 unspecified atom stereocenters. The molecule has 0 atom stereocenters. The second kappa shape index (κ2) is 9.15. The first-order valence-corrected chi connectivity index (χ1v) is 15.0. The van der Waals surface area contributed by atoms with Crippen LogP contribution in [0.25, 0.3) is 100 Å². The lowest BCUT2D eigenvalue weighted by Gasteiger charge is -2.11. The van der Waals surface area contributed by atoms with E-state index in [1.54, 1.807) is 6.20 Å². The number of benzene rings is 6. The summed E-state index contributed by atoms with van der Waals surface area (Å²) in [5, 5.41) is 6.62. The second-order valence-electron chi connectivity index (χ2n) is 11.5. The molecule has 5 nitrogen and oxygen atoms in total. The number of furan rings is 1. The van der Waals surface area contributed by atoms with Crippen molar-refractivity contribution in [3.05, 3.63) is 134 Å². The maximum absolute atomic E-state index is 6.13. The zero-order valence-electron chi connectivity index (χ0n) is 23.9. The number of fused-ring (bicyclic) bond motifs is 7. The largest absolute Gasteiger partial charge is 0.438 e. The maximum Gasteiger partial charge on any atom is 0.227 e. The fourth-order valence-electron chi connectivity index (χ4n) is 6.88. The molecule has 1 aliphatic rings. The van der Waals surface area contributed by atoms with E-state index in [1.807, 2.05) is 24.3 Å². The topological polar surface area (TPSA) is 64.7 Å². The highest BCUT2D eigenvalue weighted by molar-refractivity contribution is 6.16. The molecule has 45 heavy (non-hydrogen) atoms. The summed E-state index contributed by atoms with van der Waals surface area (Å²) in [6.45, 7) is 0. The van der Waals surface area contributed by atoms with Crippen molar-refractivity contribution in [2.24, 2.45) is 0 Å². The Labute approximate surface area is 257 Å². The lowest BCUT2D eigenvalue weighted by molar-refractivity contribution is 0.654. The third-order valence-electron chi connectivity index (χ3n) is 8.90. The Morgan fingerprint density at radius 1 is 0.422 bits per heavy atom. The molecule has 0 N–H and O–H groups in total. The van der Waals surface area contributed by atoms with E-state index in [4.69, 9.17) is 19.4 Å². The quantitative estimate of drug-likeness (QED) is 0.210. The van der Waals surface area contributed by atoms with E-state index in [1.165, 1.54) is 38.4 Å². The van der Waals surface area contributed by atoms with E-state index in [9.17, 15) is 0 Å². The van der Waals surface area contributed by atoms with Crippen LogP contribution in [-0.4, -0.2) is 19.9 Å². The number of nitrogens with zero attached hydrogens (tertiary/aromatic N) is 4. The van der Waals surface area contributed by atoms with Gasteiger partial charge < -0.3 is 4.42 Å². The van der Waals surface area contributed by atoms with Crippen molar-refractivity contribution in [1.82, 2.24) is 19.9 Å². The van der Waals surface area contributed by atoms with Gasteiger partial charge in [0.2, 0.25) is 5.71 Å². The van der Waals surface area contributed by atoms with Gasteiger partial charge in [0.05, 0.1) is 0 Å². The molecule has 0 radical (unpaired) electrons. The molecule has 10 rings (SSSR count). The Morgan fingerprint density at radius 2 is 1.11 bits per heavy atom. The third-order valence-corrected chi connectivity index (χ3v) is 8.90. The van der Waals surface area contributed by atoms with Crippen LogP contribution in [-0.2, 0) is 0 Å². The fraction of sp³-hybridized carbons (Fsp3) is 0. The average molecular weight is 575 g/mol. The van der Waals surface area contributed by atoms with E-state index in [0.29, 0.717) is 23.2 Å². The smallest absolute Gasteiger partial charge is 0.227 e. The predicted molar refractivity (Wildman–Crippen MR) is 181 cm³/mol. The van der Waals surface area contributed by atoms with Crippen LogP contribution < -0.4 is 0 Å². The summed E-state index contributed by atoms with van der Waals surface area (Å²) in [6.07, 6.45) is 1.75. The van der Waals surface area contributed by atoms with Gasteiger partial charge in [-0.3, -0.25) is 0 Å². The number of hydrogen-bond acceptors (Lipinski definition) is 5. The van der Waals surface area contributed by atoms with Gasteiger partial charge in [0.25, 0.3) is 0 Å². The monoisotopic (exact) mass is 574 g/mol. The van der Waals surface area contributed by atoms with Gasteiger partial charge in [-0.2, -0.15) is 0 Å². The van der Waals surface area contributed by atoms with Crippen molar-refractivity contribution in [3.63, 3.8) is 0 Å². The van der Waals surface area contributed by atoms with Gasteiger partial charge in [-0.1, -0.05) is 91.0 Å². The molecule has 3 aromatic heterocycles. The van der Waals surface area contributed by atoms with Gasteiger partial charge in [0.1, 0.15) is 5.58 Å². The van der Waals surface area contributed by atoms with Crippen LogP contribution in [0.3, 0.4) is 0 Å². The molecule has 9 aromatic rings. The number of hydrogen-bond donors (Lipinski definition) is 0. The minimum Gasteiger partial charge on any atom is -0.438 e. The second-order valence-corrected chi connectivity index (χ2v) is 11.5. The van der Waals surface area contributed by atoms with Crippen LogP contribution in [0, 0.1) is 0 Å². The summed E-state index contributed by atoms with van der Waals surface area (Å²) in [7, 11) is 0. The number of aromatic nitrogens is 4. The molecule has 0 spiro atoms. The molecular formula is C40H22N4O. The molecule has 0 bridgehead atoms. The molecule has 6 aromatic carbocycles. The summed E-state index contributed by atoms with van der Waals surface area (Å²) >= 11 is 0. The highest BCUT2D eigenvalue weighted by Crippen LogP contribution is 2.48. The lowest BCUT2D eigenvalue weighted by Crippen LogP contribution is -2.00. The summed E-state index contributed by atoms with van der Waals surface area (Å²) in [5.74, 6) is 1.83. The highest BCUT2D eigenvalue weighted by Gasteiger charge is 2.23. The normalized spacial score (nSPS) is 12.0. The summed E-state index contributed by atoms with van der Waals surface area (Å²) in [6, 6.07) is 44.2. The van der Waals surface area contributed by atoms with Gasteiger partial charge in [-0.25, -0.2) is 19.9 Å². The minimum atomic E-state index is 0.589. The van der Waals surface area contributed by atoms with Gasteiger partial charge in [-0.05, 0) is 80.2 Å². The first-order chi connectivity index (χ1) is 22.3. The van der Waals surface area contributed by atoms with E-state index in [-0.39, 0.29) is 0 Å². The van der Waals surface area contributed by atoms with Crippen LogP contribution in [0.5, 0.6) is 0 Å². The average Bonchev–Trinajstić information content (AvgIpc) is 3.65. The van der Waals surface area contributed by atoms with Crippen LogP contribution in [0.15, 0.2) is 138 Å². The number of rotatable bonds is 3. The Morgan fingerprint density at radius 3 is 2.02 bits per heavy atom. The zero-order valence-corrected chi connectivity index (χ0v) is 23.9. The first-order valence-electron chi connectivity index (χ1n) is 15.0. The lowest BCUT2D eigenvalue weighted by atomic mass is 9.99. The van der Waals surface area contributed by atoms with Gasteiger partial charge in [0.15, 0.2) is 17.5 Å². The molecule has 1 aliphatic carbocycles. The standard InChI is InChI=1S/C40H22N4O/c1-2-9-24-20-26(18-17-23(24)8-1)37-42-38(27-21-25-10-5-13-30-28-11-3-4-12-29(28)33(22-27)35(25)30)44-39(43-37)31-14-6-16-34-36(31)32-15-7-19-41-40(32)45-34/h1-22H. The summed E-state index contributed by atoms with van der Waals surface area (Å²) in [4.78, 5) is 19.9. The maximum atomic E-state index is 6.13. The van der Waals surface area contributed by atoms with Crippen LogP contribution in [0.4, 0.5) is 0 Å². The molecule has 0 saturated heterocycles. The van der Waals surface area contributed by atoms with E-state index in [0.717, 1.165) is 38.4 Å². The Bertz CT molecular complexity index is 2670. The molecule has 0 fully saturated rings. The van der Waals surface area contributed by atoms with Crippen molar-refractivity contribution in [2.45, 2.75) is 0 Å². The fourth-order valence-corrected chi connectivity index (χ4v) is 6.88. The summed E-state index contributed by atoms with van der Waals surface area (Å²) < 4.78 is 6.13. The van der Waals surface area contributed by atoms with E-state index < -0.39 is 0 Å². The predicted octanol–water partition coefficient (Wildman–Crippen LogP) is 10.1. The number of pyridine rings is 1. The zero-order chi connectivity index (χ0) is 29.5. The molecule has 0 saturated carbocycles.